The highest BCUT2D eigenvalue weighted by molar-refractivity contribution is 7.80. The first-order valence-electron chi connectivity index (χ1n) is 6.93. The second-order valence-electron chi connectivity index (χ2n) is 5.07. The molecule has 104 valence electrons. The highest BCUT2D eigenvalue weighted by atomic mass is 32.1. The topological polar surface area (TPSA) is 47.3 Å². The average molecular weight is 278 g/mol. The van der Waals surface area contributed by atoms with E-state index in [1.165, 1.54) is 24.8 Å². The number of rotatable bonds is 5. The third-order valence-corrected chi connectivity index (χ3v) is 3.80. The SMILES string of the molecule is Cc1cccc(C(N)=S)c1NCCC1CCCCO1. The Bertz CT molecular complexity index is 442. The summed E-state index contributed by atoms with van der Waals surface area (Å²) in [5.74, 6) is 0. The molecule has 0 spiro atoms. The van der Waals surface area contributed by atoms with Gasteiger partial charge in [-0.3, -0.25) is 0 Å². The molecule has 1 unspecified atom stereocenters. The lowest BCUT2D eigenvalue weighted by molar-refractivity contribution is 0.0134. The van der Waals surface area contributed by atoms with Gasteiger partial charge in [0.2, 0.25) is 0 Å². The summed E-state index contributed by atoms with van der Waals surface area (Å²) in [4.78, 5) is 0.445. The molecule has 1 atom stereocenters. The Morgan fingerprint density at radius 1 is 1.47 bits per heavy atom. The fraction of sp³-hybridized carbons (Fsp3) is 0.533. The fourth-order valence-corrected chi connectivity index (χ4v) is 2.67. The number of anilines is 1. The summed E-state index contributed by atoms with van der Waals surface area (Å²) >= 11 is 5.10. The summed E-state index contributed by atoms with van der Waals surface area (Å²) in [5, 5.41) is 3.46. The molecule has 0 amide bonds. The number of benzene rings is 1. The summed E-state index contributed by atoms with van der Waals surface area (Å²) in [6.07, 6.45) is 5.10. The molecule has 3 N–H and O–H groups in total. The quantitative estimate of drug-likeness (QED) is 0.813. The Morgan fingerprint density at radius 3 is 3.00 bits per heavy atom. The zero-order valence-corrected chi connectivity index (χ0v) is 12.3. The molecule has 0 bridgehead atoms. The number of hydrogen-bond donors (Lipinski definition) is 2. The van der Waals surface area contributed by atoms with Crippen LogP contribution < -0.4 is 11.1 Å². The zero-order chi connectivity index (χ0) is 13.7. The molecule has 1 heterocycles. The lowest BCUT2D eigenvalue weighted by Gasteiger charge is -2.23. The first-order chi connectivity index (χ1) is 9.18. The van der Waals surface area contributed by atoms with Crippen molar-refractivity contribution >= 4 is 22.9 Å². The van der Waals surface area contributed by atoms with E-state index in [1.807, 2.05) is 12.1 Å². The van der Waals surface area contributed by atoms with E-state index in [-0.39, 0.29) is 0 Å². The molecule has 1 fully saturated rings. The van der Waals surface area contributed by atoms with E-state index in [1.54, 1.807) is 0 Å². The van der Waals surface area contributed by atoms with Gasteiger partial charge in [-0.25, -0.2) is 0 Å². The van der Waals surface area contributed by atoms with E-state index in [0.717, 1.165) is 30.8 Å². The Hall–Kier alpha value is -1.13. The summed E-state index contributed by atoms with van der Waals surface area (Å²) in [6, 6.07) is 6.02. The Morgan fingerprint density at radius 2 is 2.32 bits per heavy atom. The van der Waals surface area contributed by atoms with Crippen molar-refractivity contribution in [3.63, 3.8) is 0 Å². The monoisotopic (exact) mass is 278 g/mol. The van der Waals surface area contributed by atoms with Crippen LogP contribution in [-0.4, -0.2) is 24.2 Å². The number of para-hydroxylation sites is 1. The van der Waals surface area contributed by atoms with Crippen LogP contribution in [0.15, 0.2) is 18.2 Å². The number of hydrogen-bond acceptors (Lipinski definition) is 3. The summed E-state index contributed by atoms with van der Waals surface area (Å²) in [5.41, 5.74) is 8.93. The third kappa shape index (κ3) is 3.91. The van der Waals surface area contributed by atoms with E-state index in [2.05, 4.69) is 18.3 Å². The molecule has 4 heteroatoms. The predicted molar refractivity (Wildman–Crippen MR) is 83.8 cm³/mol. The molecule has 1 saturated heterocycles. The Kier molecular flexibility index (Phi) is 5.16. The van der Waals surface area contributed by atoms with Crippen LogP contribution in [0.3, 0.4) is 0 Å². The summed E-state index contributed by atoms with van der Waals surface area (Å²) in [6.45, 7) is 3.87. The highest BCUT2D eigenvalue weighted by Gasteiger charge is 2.14. The predicted octanol–water partition coefficient (Wildman–Crippen LogP) is 3.00. The van der Waals surface area contributed by atoms with Crippen molar-refractivity contribution in [1.82, 2.24) is 0 Å². The van der Waals surface area contributed by atoms with Gasteiger partial charge in [0, 0.05) is 24.4 Å². The van der Waals surface area contributed by atoms with E-state index in [4.69, 9.17) is 22.7 Å². The van der Waals surface area contributed by atoms with Crippen LogP contribution in [0, 0.1) is 6.92 Å². The normalized spacial score (nSPS) is 19.1. The maximum Gasteiger partial charge on any atom is 0.106 e. The number of ether oxygens (including phenoxy) is 1. The van der Waals surface area contributed by atoms with Crippen molar-refractivity contribution in [2.45, 2.75) is 38.7 Å². The minimum Gasteiger partial charge on any atom is -0.389 e. The number of nitrogens with one attached hydrogen (secondary N) is 1. The van der Waals surface area contributed by atoms with Gasteiger partial charge in [0.15, 0.2) is 0 Å². The van der Waals surface area contributed by atoms with Gasteiger partial charge in [0.05, 0.1) is 6.10 Å². The maximum absolute atomic E-state index is 5.76. The van der Waals surface area contributed by atoms with Crippen molar-refractivity contribution < 1.29 is 4.74 Å². The molecule has 0 saturated carbocycles. The second kappa shape index (κ2) is 6.87. The molecular weight excluding hydrogens is 256 g/mol. The van der Waals surface area contributed by atoms with E-state index < -0.39 is 0 Å². The molecule has 19 heavy (non-hydrogen) atoms. The number of thiocarbonyl (C=S) groups is 1. The summed E-state index contributed by atoms with van der Waals surface area (Å²) in [7, 11) is 0. The van der Waals surface area contributed by atoms with Gasteiger partial charge in [-0.1, -0.05) is 24.4 Å². The van der Waals surface area contributed by atoms with Gasteiger partial charge < -0.3 is 15.8 Å². The van der Waals surface area contributed by atoms with Crippen molar-refractivity contribution in [1.29, 1.82) is 0 Å². The zero-order valence-electron chi connectivity index (χ0n) is 11.4. The summed E-state index contributed by atoms with van der Waals surface area (Å²) < 4.78 is 5.73. The van der Waals surface area contributed by atoms with Gasteiger partial charge in [-0.15, -0.1) is 0 Å². The maximum atomic E-state index is 5.76. The molecule has 1 aliphatic rings. The largest absolute Gasteiger partial charge is 0.389 e. The molecule has 1 aromatic rings. The molecule has 0 aromatic heterocycles. The number of aryl methyl sites for hydroxylation is 1. The van der Waals surface area contributed by atoms with Crippen molar-refractivity contribution in [3.8, 4) is 0 Å². The molecular formula is C15H22N2OS. The van der Waals surface area contributed by atoms with Crippen LogP contribution in [0.5, 0.6) is 0 Å². The van der Waals surface area contributed by atoms with E-state index in [9.17, 15) is 0 Å². The Balaban J connectivity index is 1.93. The Labute approximate surface area is 120 Å². The third-order valence-electron chi connectivity index (χ3n) is 3.58. The fourth-order valence-electron chi connectivity index (χ4n) is 2.50. The van der Waals surface area contributed by atoms with Crippen LogP contribution in [-0.2, 0) is 4.74 Å². The van der Waals surface area contributed by atoms with Gasteiger partial charge in [0.25, 0.3) is 0 Å². The van der Waals surface area contributed by atoms with Crippen LogP contribution in [0.25, 0.3) is 0 Å². The van der Waals surface area contributed by atoms with Crippen molar-refractivity contribution in [3.05, 3.63) is 29.3 Å². The molecule has 1 aliphatic heterocycles. The molecule has 0 radical (unpaired) electrons. The molecule has 2 rings (SSSR count). The van der Waals surface area contributed by atoms with Crippen LogP contribution in [0.2, 0.25) is 0 Å². The van der Waals surface area contributed by atoms with Gasteiger partial charge in [-0.05, 0) is 44.2 Å². The lowest BCUT2D eigenvalue weighted by Crippen LogP contribution is -2.23. The minimum atomic E-state index is 0.401. The van der Waals surface area contributed by atoms with Gasteiger partial charge in [0.1, 0.15) is 4.99 Å². The lowest BCUT2D eigenvalue weighted by atomic mass is 10.1. The first kappa shape index (κ1) is 14.3. The van der Waals surface area contributed by atoms with Crippen LogP contribution in [0.1, 0.15) is 36.8 Å². The van der Waals surface area contributed by atoms with Crippen molar-refractivity contribution in [2.24, 2.45) is 5.73 Å². The highest BCUT2D eigenvalue weighted by Crippen LogP contribution is 2.21. The standard InChI is InChI=1S/C15H22N2OS/c1-11-5-4-7-13(15(16)19)14(11)17-9-8-12-6-2-3-10-18-12/h4-5,7,12,17H,2-3,6,8-10H2,1H3,(H2,16,19). The van der Waals surface area contributed by atoms with Crippen LogP contribution >= 0.6 is 12.2 Å². The average Bonchev–Trinajstić information content (AvgIpc) is 2.41. The molecule has 1 aromatic carbocycles. The first-order valence-corrected chi connectivity index (χ1v) is 7.34. The van der Waals surface area contributed by atoms with Gasteiger partial charge >= 0.3 is 0 Å². The van der Waals surface area contributed by atoms with E-state index in [0.29, 0.717) is 11.1 Å². The molecule has 0 aliphatic carbocycles. The minimum absolute atomic E-state index is 0.401. The van der Waals surface area contributed by atoms with Crippen molar-refractivity contribution in [2.75, 3.05) is 18.5 Å². The van der Waals surface area contributed by atoms with Gasteiger partial charge in [-0.2, -0.15) is 0 Å². The smallest absolute Gasteiger partial charge is 0.106 e. The molecule has 3 nitrogen and oxygen atoms in total. The second-order valence-corrected chi connectivity index (χ2v) is 5.51. The van der Waals surface area contributed by atoms with Crippen LogP contribution in [0.4, 0.5) is 5.69 Å². The number of nitrogens with two attached hydrogens (primary N) is 1. The van der Waals surface area contributed by atoms with E-state index >= 15 is 0 Å².